The fourth-order valence-electron chi connectivity index (χ4n) is 4.20. The van der Waals surface area contributed by atoms with Gasteiger partial charge in [-0.3, -0.25) is 14.5 Å². The minimum absolute atomic E-state index is 0.0779. The van der Waals surface area contributed by atoms with Crippen molar-refractivity contribution in [3.63, 3.8) is 0 Å². The molecular formula is C25H27N3O3. The number of aromatic nitrogens is 1. The Morgan fingerprint density at radius 1 is 1.29 bits per heavy atom. The molecule has 1 unspecified atom stereocenters. The van der Waals surface area contributed by atoms with E-state index in [-0.39, 0.29) is 17.9 Å². The van der Waals surface area contributed by atoms with E-state index in [1.54, 1.807) is 17.9 Å². The van der Waals surface area contributed by atoms with Gasteiger partial charge in [0.2, 0.25) is 0 Å². The molecule has 0 bridgehead atoms. The van der Waals surface area contributed by atoms with Gasteiger partial charge in [-0.1, -0.05) is 18.1 Å². The van der Waals surface area contributed by atoms with Gasteiger partial charge in [0.1, 0.15) is 11.5 Å². The van der Waals surface area contributed by atoms with Crippen LogP contribution in [-0.4, -0.2) is 34.8 Å². The molecule has 1 saturated heterocycles. The van der Waals surface area contributed by atoms with Crippen LogP contribution in [0.25, 0.3) is 0 Å². The number of benzene rings is 1. The second-order valence-corrected chi connectivity index (χ2v) is 8.01. The third-order valence-corrected chi connectivity index (χ3v) is 6.02. The van der Waals surface area contributed by atoms with Crippen molar-refractivity contribution in [1.29, 1.82) is 0 Å². The van der Waals surface area contributed by atoms with Crippen LogP contribution in [0.5, 0.6) is 0 Å². The number of rotatable bonds is 4. The molecule has 2 aromatic rings. The first kappa shape index (κ1) is 21.1. The number of pyridine rings is 1. The highest BCUT2D eigenvalue weighted by atomic mass is 16.5. The van der Waals surface area contributed by atoms with Gasteiger partial charge in [-0.15, -0.1) is 0 Å². The molecule has 2 aliphatic heterocycles. The van der Waals surface area contributed by atoms with Gasteiger partial charge in [0, 0.05) is 30.8 Å². The molecule has 1 aromatic heterocycles. The van der Waals surface area contributed by atoms with Crippen molar-refractivity contribution >= 4 is 23.3 Å². The average molecular weight is 418 g/mol. The van der Waals surface area contributed by atoms with Crippen molar-refractivity contribution in [2.45, 2.75) is 53.2 Å². The van der Waals surface area contributed by atoms with Crippen LogP contribution >= 0.6 is 0 Å². The van der Waals surface area contributed by atoms with Crippen LogP contribution in [0, 0.1) is 25.7 Å². The third kappa shape index (κ3) is 3.82. The number of fused-ring (bicyclic) bond motifs is 1. The van der Waals surface area contributed by atoms with E-state index in [0.29, 0.717) is 36.9 Å². The van der Waals surface area contributed by atoms with Gasteiger partial charge in [0.05, 0.1) is 11.8 Å². The van der Waals surface area contributed by atoms with E-state index in [0.717, 1.165) is 35.1 Å². The summed E-state index contributed by atoms with van der Waals surface area (Å²) in [5.41, 5.74) is 5.16. The van der Waals surface area contributed by atoms with Crippen molar-refractivity contribution in [2.75, 3.05) is 18.1 Å². The monoisotopic (exact) mass is 417 g/mol. The number of anilines is 2. The molecule has 1 fully saturated rings. The zero-order valence-corrected chi connectivity index (χ0v) is 18.5. The van der Waals surface area contributed by atoms with Gasteiger partial charge in [-0.25, -0.2) is 4.98 Å². The molecule has 6 nitrogen and oxygen atoms in total. The molecule has 2 aliphatic rings. The lowest BCUT2D eigenvalue weighted by Gasteiger charge is -2.26. The molecule has 1 aromatic carbocycles. The lowest BCUT2D eigenvalue weighted by molar-refractivity contribution is -0.112. The average Bonchev–Trinajstić information content (AvgIpc) is 3.39. The molecule has 2 amide bonds. The summed E-state index contributed by atoms with van der Waals surface area (Å²) in [6.07, 6.45) is 1.81. The minimum Gasteiger partial charge on any atom is -0.373 e. The first-order valence-corrected chi connectivity index (χ1v) is 10.7. The molecule has 6 heteroatoms. The van der Waals surface area contributed by atoms with Gasteiger partial charge in [0.25, 0.3) is 5.91 Å². The third-order valence-electron chi connectivity index (χ3n) is 6.02. The lowest BCUT2D eigenvalue weighted by Crippen LogP contribution is -2.28. The van der Waals surface area contributed by atoms with Gasteiger partial charge in [-0.2, -0.15) is 0 Å². The SMILES string of the molecule is CC#CC(=O)N(c1ccc2c(n1)C(=O)N(CC)C2)c1cc(C)c(C)cc1C1CCCO1. The topological polar surface area (TPSA) is 62.7 Å². The molecule has 4 rings (SSSR count). The van der Waals surface area contributed by atoms with Crippen molar-refractivity contribution in [1.82, 2.24) is 9.88 Å². The highest BCUT2D eigenvalue weighted by Gasteiger charge is 2.31. The maximum atomic E-state index is 13.2. The maximum Gasteiger partial charge on any atom is 0.308 e. The fraction of sp³-hybridized carbons (Fsp3) is 0.400. The number of hydrogen-bond donors (Lipinski definition) is 0. The fourth-order valence-corrected chi connectivity index (χ4v) is 4.20. The van der Waals surface area contributed by atoms with E-state index >= 15 is 0 Å². The zero-order chi connectivity index (χ0) is 22.1. The first-order valence-electron chi connectivity index (χ1n) is 10.7. The van der Waals surface area contributed by atoms with E-state index in [9.17, 15) is 9.59 Å². The Labute approximate surface area is 183 Å². The van der Waals surface area contributed by atoms with Crippen LogP contribution in [-0.2, 0) is 16.1 Å². The summed E-state index contributed by atoms with van der Waals surface area (Å²) < 4.78 is 5.96. The Hall–Kier alpha value is -3.17. The van der Waals surface area contributed by atoms with E-state index in [1.807, 2.05) is 26.0 Å². The van der Waals surface area contributed by atoms with Crippen molar-refractivity contribution in [2.24, 2.45) is 0 Å². The zero-order valence-electron chi connectivity index (χ0n) is 18.5. The minimum atomic E-state index is -0.379. The van der Waals surface area contributed by atoms with Crippen molar-refractivity contribution in [3.05, 3.63) is 52.2 Å². The van der Waals surface area contributed by atoms with E-state index < -0.39 is 0 Å². The van der Waals surface area contributed by atoms with Gasteiger partial charge in [-0.05, 0) is 69.7 Å². The van der Waals surface area contributed by atoms with E-state index in [4.69, 9.17) is 4.74 Å². The molecule has 0 spiro atoms. The van der Waals surface area contributed by atoms with Crippen molar-refractivity contribution < 1.29 is 14.3 Å². The summed E-state index contributed by atoms with van der Waals surface area (Å²) in [6, 6.07) is 7.78. The van der Waals surface area contributed by atoms with Crippen LogP contribution < -0.4 is 4.90 Å². The number of aryl methyl sites for hydroxylation is 2. The molecule has 1 atom stereocenters. The Morgan fingerprint density at radius 3 is 2.74 bits per heavy atom. The van der Waals surface area contributed by atoms with E-state index in [1.165, 1.54) is 4.90 Å². The Kier molecular flexibility index (Phi) is 5.79. The summed E-state index contributed by atoms with van der Waals surface area (Å²) in [4.78, 5) is 33.8. The van der Waals surface area contributed by atoms with Crippen LogP contribution in [0.3, 0.4) is 0 Å². The van der Waals surface area contributed by atoms with Gasteiger partial charge >= 0.3 is 5.91 Å². The molecule has 0 aliphatic carbocycles. The molecule has 3 heterocycles. The van der Waals surface area contributed by atoms with Crippen LogP contribution in [0.2, 0.25) is 0 Å². The maximum absolute atomic E-state index is 13.2. The predicted octanol–water partition coefficient (Wildman–Crippen LogP) is 4.21. The second kappa shape index (κ2) is 8.52. The Morgan fingerprint density at radius 2 is 2.06 bits per heavy atom. The summed E-state index contributed by atoms with van der Waals surface area (Å²) in [5.74, 6) is 5.28. The highest BCUT2D eigenvalue weighted by Crippen LogP contribution is 2.39. The molecular weight excluding hydrogens is 390 g/mol. The number of ether oxygens (including phenoxy) is 1. The molecule has 160 valence electrons. The molecule has 0 radical (unpaired) electrons. The lowest BCUT2D eigenvalue weighted by atomic mass is 9.97. The van der Waals surface area contributed by atoms with Gasteiger partial charge < -0.3 is 9.64 Å². The number of nitrogens with zero attached hydrogens (tertiary/aromatic N) is 3. The number of carbonyl (C=O) groups is 2. The molecule has 0 saturated carbocycles. The van der Waals surface area contributed by atoms with Crippen LogP contribution in [0.15, 0.2) is 24.3 Å². The molecule has 31 heavy (non-hydrogen) atoms. The summed E-state index contributed by atoms with van der Waals surface area (Å²) in [6.45, 7) is 9.53. The van der Waals surface area contributed by atoms with Gasteiger partial charge in [0.15, 0.2) is 0 Å². The quantitative estimate of drug-likeness (QED) is 0.699. The van der Waals surface area contributed by atoms with E-state index in [2.05, 4.69) is 29.8 Å². The number of hydrogen-bond acceptors (Lipinski definition) is 4. The Balaban J connectivity index is 1.87. The first-order chi connectivity index (χ1) is 14.9. The molecule has 0 N–H and O–H groups in total. The predicted molar refractivity (Wildman–Crippen MR) is 119 cm³/mol. The smallest absolute Gasteiger partial charge is 0.308 e. The highest BCUT2D eigenvalue weighted by molar-refractivity contribution is 6.11. The second-order valence-electron chi connectivity index (χ2n) is 8.01. The number of carbonyl (C=O) groups excluding carboxylic acids is 2. The largest absolute Gasteiger partial charge is 0.373 e. The summed E-state index contributed by atoms with van der Waals surface area (Å²) in [7, 11) is 0. The van der Waals surface area contributed by atoms with Crippen LogP contribution in [0.4, 0.5) is 11.5 Å². The summed E-state index contributed by atoms with van der Waals surface area (Å²) in [5, 5.41) is 0. The van der Waals surface area contributed by atoms with Crippen molar-refractivity contribution in [3.8, 4) is 11.8 Å². The standard InChI is InChI=1S/C25H27N3O3/c1-5-8-23(29)28(22-11-10-18-15-27(6-2)25(30)24(18)26-22)20-14-17(4)16(3)13-19(20)21-9-7-12-31-21/h10-11,13-14,21H,6-7,9,12,15H2,1-4H3. The van der Waals surface area contributed by atoms with Crippen LogP contribution in [0.1, 0.15) is 65.5 Å². The normalized spacial score (nSPS) is 17.4. The summed E-state index contributed by atoms with van der Waals surface area (Å²) >= 11 is 0. The number of amides is 2. The Bertz CT molecular complexity index is 1110.